The van der Waals surface area contributed by atoms with Crippen LogP contribution in [0.5, 0.6) is 0 Å². The average Bonchev–Trinajstić information content (AvgIpc) is 3.07. The summed E-state index contributed by atoms with van der Waals surface area (Å²) in [4.78, 5) is 19.1. The summed E-state index contributed by atoms with van der Waals surface area (Å²) in [6, 6.07) is 1.82. The fourth-order valence-corrected chi connectivity index (χ4v) is 3.30. The van der Waals surface area contributed by atoms with Crippen molar-refractivity contribution in [3.05, 3.63) is 34.8 Å². The van der Waals surface area contributed by atoms with Gasteiger partial charge in [0.1, 0.15) is 11.5 Å². The molecule has 1 saturated heterocycles. The Morgan fingerprint density at radius 3 is 2.60 bits per heavy atom. The van der Waals surface area contributed by atoms with Gasteiger partial charge in [0, 0.05) is 13.6 Å². The molecule has 136 valence electrons. The fraction of sp³-hybridized carbons (Fsp3) is 0.611. The number of rotatable bonds is 5. The molecule has 0 radical (unpaired) electrons. The van der Waals surface area contributed by atoms with E-state index in [1.807, 2.05) is 26.8 Å². The summed E-state index contributed by atoms with van der Waals surface area (Å²) < 4.78 is 7.30. The highest BCUT2D eigenvalue weighted by Gasteiger charge is 2.22. The minimum atomic E-state index is -0.0451. The number of carbonyl (C=O) groups excluding carboxylic acids is 1. The van der Waals surface area contributed by atoms with Crippen LogP contribution in [0.1, 0.15) is 46.4 Å². The average molecular weight is 345 g/mol. The van der Waals surface area contributed by atoms with Gasteiger partial charge < -0.3 is 9.73 Å². The molecule has 2 aromatic rings. The van der Waals surface area contributed by atoms with E-state index in [0.717, 1.165) is 55.5 Å². The van der Waals surface area contributed by atoms with Crippen molar-refractivity contribution in [1.29, 1.82) is 0 Å². The van der Waals surface area contributed by atoms with Gasteiger partial charge >= 0.3 is 0 Å². The minimum Gasteiger partial charge on any atom is -0.444 e. The lowest BCUT2D eigenvalue weighted by Crippen LogP contribution is -2.38. The molecule has 7 heteroatoms. The third-order valence-corrected chi connectivity index (χ3v) is 4.92. The monoisotopic (exact) mass is 345 g/mol. The Labute approximate surface area is 148 Å². The Morgan fingerprint density at radius 2 is 2.04 bits per heavy atom. The van der Waals surface area contributed by atoms with Crippen molar-refractivity contribution < 1.29 is 9.21 Å². The Bertz CT molecular complexity index is 721. The lowest BCUT2D eigenvalue weighted by Gasteiger charge is -2.31. The normalized spacial score (nSPS) is 16.3. The molecule has 2 aromatic heterocycles. The first-order chi connectivity index (χ1) is 11.9. The molecule has 0 aromatic carbocycles. The molecule has 0 aliphatic carbocycles. The number of likely N-dealkylation sites (tertiary alicyclic amines) is 1. The van der Waals surface area contributed by atoms with Gasteiger partial charge in [0.15, 0.2) is 0 Å². The van der Waals surface area contributed by atoms with Gasteiger partial charge in [-0.1, -0.05) is 0 Å². The molecule has 1 aliphatic heterocycles. The fourth-order valence-electron chi connectivity index (χ4n) is 3.30. The maximum Gasteiger partial charge on any atom is 0.269 e. The summed E-state index contributed by atoms with van der Waals surface area (Å²) in [6.07, 6.45) is 2.15. The van der Waals surface area contributed by atoms with Crippen molar-refractivity contribution in [1.82, 2.24) is 25.0 Å². The van der Waals surface area contributed by atoms with E-state index in [1.165, 1.54) is 0 Å². The lowest BCUT2D eigenvalue weighted by atomic mass is 9.97. The highest BCUT2D eigenvalue weighted by molar-refractivity contribution is 5.92. The number of hydrogen-bond acceptors (Lipinski definition) is 5. The highest BCUT2D eigenvalue weighted by atomic mass is 16.4. The minimum absolute atomic E-state index is 0.0451. The highest BCUT2D eigenvalue weighted by Crippen LogP contribution is 2.19. The van der Waals surface area contributed by atoms with E-state index in [0.29, 0.717) is 18.2 Å². The summed E-state index contributed by atoms with van der Waals surface area (Å²) in [6.45, 7) is 9.31. The maximum absolute atomic E-state index is 12.3. The predicted octanol–water partition coefficient (Wildman–Crippen LogP) is 1.98. The zero-order chi connectivity index (χ0) is 18.0. The van der Waals surface area contributed by atoms with Crippen LogP contribution in [0.25, 0.3) is 0 Å². The summed E-state index contributed by atoms with van der Waals surface area (Å²) in [5, 5.41) is 7.27. The molecule has 7 nitrogen and oxygen atoms in total. The van der Waals surface area contributed by atoms with Gasteiger partial charge in [0.05, 0.1) is 17.9 Å². The standard InChI is InChI=1S/C18H27N5O2/c1-12-9-16(22(4)21-12)18(24)19-10-15-5-7-23(8-6-15)11-17-20-13(2)14(3)25-17/h9,15H,5-8,10-11H2,1-4H3,(H,19,24). The van der Waals surface area contributed by atoms with Gasteiger partial charge in [-0.25, -0.2) is 4.98 Å². The van der Waals surface area contributed by atoms with Crippen LogP contribution in [0, 0.1) is 26.7 Å². The second-order valence-corrected chi connectivity index (χ2v) is 6.97. The molecule has 0 bridgehead atoms. The van der Waals surface area contributed by atoms with Crippen molar-refractivity contribution in [3.8, 4) is 0 Å². The van der Waals surface area contributed by atoms with Gasteiger partial charge in [0.25, 0.3) is 5.91 Å². The van der Waals surface area contributed by atoms with Crippen LogP contribution in [0.4, 0.5) is 0 Å². The zero-order valence-electron chi connectivity index (χ0n) is 15.5. The first kappa shape index (κ1) is 17.7. The Balaban J connectivity index is 1.43. The number of piperidine rings is 1. The van der Waals surface area contributed by atoms with Crippen molar-refractivity contribution in [3.63, 3.8) is 0 Å². The Hall–Kier alpha value is -2.15. The van der Waals surface area contributed by atoms with E-state index in [9.17, 15) is 4.79 Å². The number of nitrogens with zero attached hydrogens (tertiary/aromatic N) is 4. The molecule has 0 unspecified atom stereocenters. The van der Waals surface area contributed by atoms with Crippen LogP contribution in [0.15, 0.2) is 10.5 Å². The Kier molecular flexibility index (Phi) is 5.22. The smallest absolute Gasteiger partial charge is 0.269 e. The number of aromatic nitrogens is 3. The first-order valence-electron chi connectivity index (χ1n) is 8.86. The third kappa shape index (κ3) is 4.28. The number of aryl methyl sites for hydroxylation is 4. The maximum atomic E-state index is 12.3. The van der Waals surface area contributed by atoms with Crippen LogP contribution in [0.2, 0.25) is 0 Å². The van der Waals surface area contributed by atoms with Crippen molar-refractivity contribution in [2.75, 3.05) is 19.6 Å². The molecule has 0 spiro atoms. The molecule has 3 heterocycles. The largest absolute Gasteiger partial charge is 0.444 e. The van der Waals surface area contributed by atoms with Gasteiger partial charge in [-0.3, -0.25) is 14.4 Å². The van der Waals surface area contributed by atoms with Crippen molar-refractivity contribution in [2.45, 2.75) is 40.2 Å². The van der Waals surface area contributed by atoms with Crippen molar-refractivity contribution in [2.24, 2.45) is 13.0 Å². The van der Waals surface area contributed by atoms with E-state index in [-0.39, 0.29) is 5.91 Å². The number of carbonyl (C=O) groups is 1. The van der Waals surface area contributed by atoms with E-state index in [4.69, 9.17) is 4.42 Å². The van der Waals surface area contributed by atoms with Crippen LogP contribution in [0.3, 0.4) is 0 Å². The first-order valence-corrected chi connectivity index (χ1v) is 8.86. The second kappa shape index (κ2) is 7.39. The third-order valence-electron chi connectivity index (χ3n) is 4.92. The van der Waals surface area contributed by atoms with E-state index < -0.39 is 0 Å². The van der Waals surface area contributed by atoms with Crippen molar-refractivity contribution >= 4 is 5.91 Å². The van der Waals surface area contributed by atoms with E-state index >= 15 is 0 Å². The molecule has 0 atom stereocenters. The molecule has 1 fully saturated rings. The molecule has 1 aliphatic rings. The van der Waals surface area contributed by atoms with Gasteiger partial charge in [-0.05, 0) is 58.7 Å². The molecule has 3 rings (SSSR count). The SMILES string of the molecule is Cc1cc(C(=O)NCC2CCN(Cc3nc(C)c(C)o3)CC2)n(C)n1. The summed E-state index contributed by atoms with van der Waals surface area (Å²) in [7, 11) is 1.80. The van der Waals surface area contributed by atoms with Gasteiger partial charge in [-0.2, -0.15) is 5.10 Å². The van der Waals surface area contributed by atoms with E-state index in [2.05, 4.69) is 20.3 Å². The molecule has 1 N–H and O–H groups in total. The van der Waals surface area contributed by atoms with Crippen LogP contribution in [-0.4, -0.2) is 45.2 Å². The zero-order valence-corrected chi connectivity index (χ0v) is 15.5. The van der Waals surface area contributed by atoms with Crippen LogP contribution >= 0.6 is 0 Å². The van der Waals surface area contributed by atoms with Crippen LogP contribution in [-0.2, 0) is 13.6 Å². The molecule has 1 amide bonds. The second-order valence-electron chi connectivity index (χ2n) is 6.97. The number of hydrogen-bond donors (Lipinski definition) is 1. The Morgan fingerprint density at radius 1 is 1.32 bits per heavy atom. The summed E-state index contributed by atoms with van der Waals surface area (Å²) in [5.41, 5.74) is 2.44. The molecular formula is C18H27N5O2. The summed E-state index contributed by atoms with van der Waals surface area (Å²) >= 11 is 0. The molecule has 0 saturated carbocycles. The molecule has 25 heavy (non-hydrogen) atoms. The predicted molar refractivity (Wildman–Crippen MR) is 94.3 cm³/mol. The van der Waals surface area contributed by atoms with Gasteiger partial charge in [0.2, 0.25) is 5.89 Å². The lowest BCUT2D eigenvalue weighted by molar-refractivity contribution is 0.0924. The topological polar surface area (TPSA) is 76.2 Å². The molecular weight excluding hydrogens is 318 g/mol. The number of amides is 1. The quantitative estimate of drug-likeness (QED) is 0.897. The van der Waals surface area contributed by atoms with Crippen LogP contribution < -0.4 is 5.32 Å². The summed E-state index contributed by atoms with van der Waals surface area (Å²) in [5.74, 6) is 2.17. The van der Waals surface area contributed by atoms with E-state index in [1.54, 1.807) is 11.7 Å². The number of nitrogens with one attached hydrogen (secondary N) is 1. The van der Waals surface area contributed by atoms with Gasteiger partial charge in [-0.15, -0.1) is 0 Å². The number of oxazole rings is 1.